The molecule has 3 nitrogen and oxygen atoms in total. The lowest BCUT2D eigenvalue weighted by molar-refractivity contribution is -0.137. The zero-order valence-electron chi connectivity index (χ0n) is 16.0. The van der Waals surface area contributed by atoms with Crippen LogP contribution in [0.1, 0.15) is 42.6 Å². The summed E-state index contributed by atoms with van der Waals surface area (Å²) in [5.41, 5.74) is 0.903. The molecule has 4 rings (SSSR count). The average Bonchev–Trinajstić information content (AvgIpc) is 3.44. The summed E-state index contributed by atoms with van der Waals surface area (Å²) in [5, 5.41) is 14.1. The van der Waals surface area contributed by atoms with Gasteiger partial charge in [0.2, 0.25) is 5.88 Å². The highest BCUT2D eigenvalue weighted by atomic mass is 19.4. The summed E-state index contributed by atoms with van der Waals surface area (Å²) in [6.07, 6.45) is -1.87. The smallest absolute Gasteiger partial charge is 0.416 e. The van der Waals surface area contributed by atoms with Gasteiger partial charge < -0.3 is 14.8 Å². The Bertz CT molecular complexity index is 991. The van der Waals surface area contributed by atoms with E-state index >= 15 is 0 Å². The lowest BCUT2D eigenvalue weighted by atomic mass is 9.96. The van der Waals surface area contributed by atoms with Crippen molar-refractivity contribution in [2.75, 3.05) is 5.32 Å². The third-order valence-electron chi connectivity index (χ3n) is 5.13. The molecule has 0 amide bonds. The Morgan fingerprint density at radius 1 is 1.10 bits per heavy atom. The predicted molar refractivity (Wildman–Crippen MR) is 106 cm³/mol. The number of hydrogen-bond acceptors (Lipinski definition) is 3. The molecule has 1 saturated carbocycles. The van der Waals surface area contributed by atoms with E-state index in [0.717, 1.165) is 30.5 Å². The first kappa shape index (κ1) is 19.4. The predicted octanol–water partition coefficient (Wildman–Crippen LogP) is 6.59. The normalized spacial score (nSPS) is 15.3. The van der Waals surface area contributed by atoms with Gasteiger partial charge in [-0.15, -0.1) is 0 Å². The minimum Gasteiger partial charge on any atom is -0.504 e. The fraction of sp³-hybridized carbons (Fsp3) is 0.304. The summed E-state index contributed by atoms with van der Waals surface area (Å²) in [4.78, 5) is 0. The molecule has 152 valence electrons. The average molecular weight is 401 g/mol. The molecule has 29 heavy (non-hydrogen) atoms. The van der Waals surface area contributed by atoms with E-state index in [-0.39, 0.29) is 28.8 Å². The van der Waals surface area contributed by atoms with E-state index in [0.29, 0.717) is 18.1 Å². The zero-order chi connectivity index (χ0) is 20.6. The summed E-state index contributed by atoms with van der Waals surface area (Å²) in [5.74, 6) is 0.469. The van der Waals surface area contributed by atoms with Crippen molar-refractivity contribution in [3.8, 4) is 16.9 Å². The van der Waals surface area contributed by atoms with E-state index in [1.807, 2.05) is 37.3 Å². The van der Waals surface area contributed by atoms with Crippen LogP contribution in [0.3, 0.4) is 0 Å². The summed E-state index contributed by atoms with van der Waals surface area (Å²) in [7, 11) is 0. The largest absolute Gasteiger partial charge is 0.504 e. The minimum absolute atomic E-state index is 0.101. The molecule has 1 aliphatic carbocycles. The molecule has 0 saturated heterocycles. The van der Waals surface area contributed by atoms with Gasteiger partial charge in [0, 0.05) is 12.0 Å². The fourth-order valence-corrected chi connectivity index (χ4v) is 3.47. The molecule has 6 heteroatoms. The molecular formula is C23H22F3NO2. The van der Waals surface area contributed by atoms with E-state index in [2.05, 4.69) is 5.32 Å². The maximum atomic E-state index is 13.2. The number of nitrogens with one attached hydrogen (secondary N) is 1. The van der Waals surface area contributed by atoms with Crippen molar-refractivity contribution in [1.29, 1.82) is 0 Å². The van der Waals surface area contributed by atoms with Gasteiger partial charge >= 0.3 is 6.18 Å². The van der Waals surface area contributed by atoms with Crippen LogP contribution in [0.25, 0.3) is 11.1 Å². The van der Waals surface area contributed by atoms with E-state index in [1.54, 1.807) is 6.07 Å². The van der Waals surface area contributed by atoms with Gasteiger partial charge in [-0.2, -0.15) is 13.2 Å². The van der Waals surface area contributed by atoms with Crippen LogP contribution in [-0.4, -0.2) is 11.1 Å². The van der Waals surface area contributed by atoms with Crippen molar-refractivity contribution in [3.63, 3.8) is 0 Å². The molecule has 1 fully saturated rings. The third-order valence-corrected chi connectivity index (χ3v) is 5.13. The second-order valence-electron chi connectivity index (χ2n) is 7.61. The molecule has 1 aliphatic rings. The lowest BCUT2D eigenvalue weighted by Gasteiger charge is -2.10. The Morgan fingerprint density at radius 3 is 2.48 bits per heavy atom. The quantitative estimate of drug-likeness (QED) is 0.490. The number of hydrogen-bond donors (Lipinski definition) is 2. The van der Waals surface area contributed by atoms with Gasteiger partial charge in [0.25, 0.3) is 0 Å². The van der Waals surface area contributed by atoms with Crippen LogP contribution < -0.4 is 5.32 Å². The first-order valence-corrected chi connectivity index (χ1v) is 9.66. The van der Waals surface area contributed by atoms with E-state index < -0.39 is 11.7 Å². The second-order valence-corrected chi connectivity index (χ2v) is 7.61. The maximum absolute atomic E-state index is 13.2. The first-order valence-electron chi connectivity index (χ1n) is 9.66. The Kier molecular flexibility index (Phi) is 5.03. The minimum atomic E-state index is -4.46. The highest BCUT2D eigenvalue weighted by Crippen LogP contribution is 2.47. The number of anilines is 1. The molecule has 1 unspecified atom stereocenters. The Hall–Kier alpha value is -2.89. The van der Waals surface area contributed by atoms with E-state index in [4.69, 9.17) is 4.42 Å². The van der Waals surface area contributed by atoms with E-state index in [9.17, 15) is 18.3 Å². The number of rotatable bonds is 6. The van der Waals surface area contributed by atoms with Crippen LogP contribution >= 0.6 is 0 Å². The molecule has 0 spiro atoms. The number of alkyl halides is 3. The van der Waals surface area contributed by atoms with Crippen LogP contribution in [0.4, 0.5) is 19.1 Å². The zero-order valence-corrected chi connectivity index (χ0v) is 16.0. The first-order chi connectivity index (χ1) is 13.8. The van der Waals surface area contributed by atoms with Gasteiger partial charge in [0.05, 0.1) is 11.1 Å². The molecule has 0 bridgehead atoms. The van der Waals surface area contributed by atoms with Gasteiger partial charge in [0.1, 0.15) is 0 Å². The lowest BCUT2D eigenvalue weighted by Crippen LogP contribution is -2.05. The van der Waals surface area contributed by atoms with Gasteiger partial charge in [-0.3, -0.25) is 0 Å². The van der Waals surface area contributed by atoms with Crippen LogP contribution in [0.5, 0.6) is 5.75 Å². The van der Waals surface area contributed by atoms with Crippen molar-refractivity contribution >= 4 is 5.88 Å². The number of furan rings is 1. The van der Waals surface area contributed by atoms with Crippen molar-refractivity contribution in [2.24, 2.45) is 0 Å². The van der Waals surface area contributed by atoms with Crippen LogP contribution in [0.2, 0.25) is 0 Å². The number of halogens is 3. The molecule has 0 radical (unpaired) electrons. The summed E-state index contributed by atoms with van der Waals surface area (Å²) in [6, 6.07) is 15.0. The molecule has 1 heterocycles. The maximum Gasteiger partial charge on any atom is 0.416 e. The topological polar surface area (TPSA) is 45.4 Å². The third kappa shape index (κ3) is 4.26. The molecule has 2 N–H and O–H groups in total. The van der Waals surface area contributed by atoms with Gasteiger partial charge in [-0.05, 0) is 42.5 Å². The molecule has 0 aliphatic heterocycles. The van der Waals surface area contributed by atoms with Crippen molar-refractivity contribution in [2.45, 2.75) is 44.3 Å². The molecular weight excluding hydrogens is 379 g/mol. The second kappa shape index (κ2) is 7.50. The van der Waals surface area contributed by atoms with Crippen LogP contribution in [0.15, 0.2) is 59.0 Å². The Balaban J connectivity index is 1.73. The Morgan fingerprint density at radius 2 is 1.83 bits per heavy atom. The van der Waals surface area contributed by atoms with Gasteiger partial charge in [-0.1, -0.05) is 49.4 Å². The van der Waals surface area contributed by atoms with Crippen molar-refractivity contribution in [3.05, 3.63) is 71.5 Å². The molecule has 1 atom stereocenters. The molecule has 2 aromatic carbocycles. The van der Waals surface area contributed by atoms with Crippen LogP contribution in [-0.2, 0) is 12.6 Å². The molecule has 1 aromatic heterocycles. The van der Waals surface area contributed by atoms with Crippen molar-refractivity contribution in [1.82, 2.24) is 0 Å². The monoisotopic (exact) mass is 401 g/mol. The van der Waals surface area contributed by atoms with E-state index in [1.165, 1.54) is 6.07 Å². The fourth-order valence-electron chi connectivity index (χ4n) is 3.47. The number of benzene rings is 2. The molecule has 3 aromatic rings. The van der Waals surface area contributed by atoms with Gasteiger partial charge in [0.15, 0.2) is 11.5 Å². The summed E-state index contributed by atoms with van der Waals surface area (Å²) in [6.45, 7) is 1.93. The van der Waals surface area contributed by atoms with Crippen molar-refractivity contribution < 1.29 is 22.7 Å². The highest BCUT2D eigenvalue weighted by Gasteiger charge is 2.33. The summed E-state index contributed by atoms with van der Waals surface area (Å²) >= 11 is 0. The van der Waals surface area contributed by atoms with Crippen LogP contribution in [0, 0.1) is 0 Å². The SMILES string of the molecule is CC(Cc1ccccc1)c1oc(NC2CC2)c(-c2cccc(C(F)(F)F)c2)c1O. The summed E-state index contributed by atoms with van der Waals surface area (Å²) < 4.78 is 45.5. The van der Waals surface area contributed by atoms with Gasteiger partial charge in [-0.25, -0.2) is 0 Å². The Labute approximate surface area is 167 Å². The standard InChI is InChI=1S/C23H22F3NO2/c1-14(12-15-6-3-2-4-7-15)21-20(28)19(22(29-21)27-18-10-11-18)16-8-5-9-17(13-16)23(24,25)26/h2-9,13-14,18,27-28H,10-12H2,1H3. The highest BCUT2D eigenvalue weighted by molar-refractivity contribution is 5.82. The number of aromatic hydroxyl groups is 1.